The van der Waals surface area contributed by atoms with Crippen molar-refractivity contribution in [1.82, 2.24) is 10.3 Å². The molecule has 0 fully saturated rings. The number of aliphatic imine (C=N–C) groups is 1. The lowest BCUT2D eigenvalue weighted by Crippen LogP contribution is -2.33. The molecule has 118 valence electrons. The average Bonchev–Trinajstić information content (AvgIpc) is 2.51. The first kappa shape index (κ1) is 17.5. The van der Waals surface area contributed by atoms with E-state index < -0.39 is 0 Å². The highest BCUT2D eigenvalue weighted by atomic mass is 15.1. The molecular formula is C17H30N4. The van der Waals surface area contributed by atoms with E-state index in [1.165, 1.54) is 32.1 Å². The third-order valence-electron chi connectivity index (χ3n) is 3.60. The summed E-state index contributed by atoms with van der Waals surface area (Å²) in [5.74, 6) is 1.23. The van der Waals surface area contributed by atoms with Gasteiger partial charge in [-0.25, -0.2) is 0 Å². The summed E-state index contributed by atoms with van der Waals surface area (Å²) in [5.41, 5.74) is 7.00. The van der Waals surface area contributed by atoms with Crippen LogP contribution in [0.2, 0.25) is 0 Å². The number of nitrogens with one attached hydrogen (secondary N) is 1. The molecule has 1 aromatic rings. The Kier molecular flexibility index (Phi) is 9.25. The Balaban J connectivity index is 2.27. The van der Waals surface area contributed by atoms with Gasteiger partial charge in [-0.15, -0.1) is 0 Å². The molecule has 1 rings (SSSR count). The average molecular weight is 290 g/mol. The summed E-state index contributed by atoms with van der Waals surface area (Å²) in [6.45, 7) is 6.09. The van der Waals surface area contributed by atoms with E-state index in [1.54, 1.807) is 0 Å². The number of nitrogens with two attached hydrogens (primary N) is 1. The van der Waals surface area contributed by atoms with Crippen molar-refractivity contribution in [1.29, 1.82) is 0 Å². The van der Waals surface area contributed by atoms with Crippen LogP contribution in [0.5, 0.6) is 0 Å². The number of guanidine groups is 1. The molecule has 1 heterocycles. The number of hydrogen-bond acceptors (Lipinski definition) is 2. The standard InChI is InChI=1S/C17H30N4/c1-3-5-9-15(8-4-2)14-21-17(18)20-13-11-16-10-6-7-12-19-16/h6-7,10,12,15H,3-5,8-9,11,13-14H2,1-2H3,(H3,18,20,21). The second-order valence-corrected chi connectivity index (χ2v) is 5.52. The van der Waals surface area contributed by atoms with Crippen LogP contribution in [0.1, 0.15) is 51.6 Å². The molecule has 0 radical (unpaired) electrons. The highest BCUT2D eigenvalue weighted by molar-refractivity contribution is 5.77. The van der Waals surface area contributed by atoms with Gasteiger partial charge in [0.15, 0.2) is 5.96 Å². The molecule has 0 bridgehead atoms. The van der Waals surface area contributed by atoms with Crippen LogP contribution >= 0.6 is 0 Å². The maximum atomic E-state index is 5.93. The van der Waals surface area contributed by atoms with Crippen LogP contribution in [-0.4, -0.2) is 24.0 Å². The Bertz CT molecular complexity index is 389. The van der Waals surface area contributed by atoms with Crippen LogP contribution < -0.4 is 11.1 Å². The van der Waals surface area contributed by atoms with Gasteiger partial charge in [0.05, 0.1) is 0 Å². The Labute approximate surface area is 129 Å². The van der Waals surface area contributed by atoms with Gasteiger partial charge in [0.2, 0.25) is 0 Å². The van der Waals surface area contributed by atoms with Crippen molar-refractivity contribution in [3.63, 3.8) is 0 Å². The lowest BCUT2D eigenvalue weighted by molar-refractivity contribution is 0.439. The van der Waals surface area contributed by atoms with Crippen molar-refractivity contribution in [2.75, 3.05) is 13.1 Å². The predicted octanol–water partition coefficient (Wildman–Crippen LogP) is 3.13. The zero-order chi connectivity index (χ0) is 15.3. The summed E-state index contributed by atoms with van der Waals surface area (Å²) in [7, 11) is 0. The van der Waals surface area contributed by atoms with Gasteiger partial charge in [0.25, 0.3) is 0 Å². The van der Waals surface area contributed by atoms with Crippen LogP contribution in [0.15, 0.2) is 29.4 Å². The zero-order valence-electron chi connectivity index (χ0n) is 13.5. The maximum Gasteiger partial charge on any atom is 0.188 e. The fourth-order valence-corrected chi connectivity index (χ4v) is 2.38. The van der Waals surface area contributed by atoms with Gasteiger partial charge >= 0.3 is 0 Å². The van der Waals surface area contributed by atoms with Crippen molar-refractivity contribution in [2.45, 2.75) is 52.4 Å². The molecule has 0 aliphatic heterocycles. The van der Waals surface area contributed by atoms with Crippen molar-refractivity contribution in [2.24, 2.45) is 16.6 Å². The van der Waals surface area contributed by atoms with Gasteiger partial charge in [0, 0.05) is 31.4 Å². The molecule has 3 N–H and O–H groups in total. The topological polar surface area (TPSA) is 63.3 Å². The normalized spacial score (nSPS) is 13.1. The van der Waals surface area contributed by atoms with Crippen molar-refractivity contribution in [3.05, 3.63) is 30.1 Å². The van der Waals surface area contributed by atoms with E-state index in [0.717, 1.165) is 25.2 Å². The summed E-state index contributed by atoms with van der Waals surface area (Å²) < 4.78 is 0. The van der Waals surface area contributed by atoms with Crippen molar-refractivity contribution in [3.8, 4) is 0 Å². The Morgan fingerprint density at radius 3 is 2.81 bits per heavy atom. The smallest absolute Gasteiger partial charge is 0.188 e. The molecule has 0 aliphatic rings. The molecule has 1 atom stereocenters. The molecular weight excluding hydrogens is 260 g/mol. The molecule has 0 aliphatic carbocycles. The molecule has 4 nitrogen and oxygen atoms in total. The minimum atomic E-state index is 0.559. The fraction of sp³-hybridized carbons (Fsp3) is 0.647. The minimum absolute atomic E-state index is 0.559. The van der Waals surface area contributed by atoms with Gasteiger partial charge in [-0.3, -0.25) is 9.98 Å². The second-order valence-electron chi connectivity index (χ2n) is 5.52. The molecule has 4 heteroatoms. The summed E-state index contributed by atoms with van der Waals surface area (Å²) >= 11 is 0. The van der Waals surface area contributed by atoms with E-state index >= 15 is 0 Å². The first-order valence-electron chi connectivity index (χ1n) is 8.20. The fourth-order valence-electron chi connectivity index (χ4n) is 2.38. The van der Waals surface area contributed by atoms with Gasteiger partial charge < -0.3 is 11.1 Å². The van der Waals surface area contributed by atoms with E-state index in [9.17, 15) is 0 Å². The summed E-state index contributed by atoms with van der Waals surface area (Å²) in [5, 5.41) is 3.17. The van der Waals surface area contributed by atoms with E-state index in [1.807, 2.05) is 24.4 Å². The van der Waals surface area contributed by atoms with E-state index in [0.29, 0.717) is 11.9 Å². The maximum absolute atomic E-state index is 5.93. The quantitative estimate of drug-likeness (QED) is 0.514. The highest BCUT2D eigenvalue weighted by Crippen LogP contribution is 2.15. The number of pyridine rings is 1. The first-order valence-corrected chi connectivity index (χ1v) is 8.20. The van der Waals surface area contributed by atoms with Crippen LogP contribution in [0.3, 0.4) is 0 Å². The molecule has 21 heavy (non-hydrogen) atoms. The van der Waals surface area contributed by atoms with Gasteiger partial charge in [0.1, 0.15) is 0 Å². The largest absolute Gasteiger partial charge is 0.370 e. The van der Waals surface area contributed by atoms with Crippen LogP contribution in [0, 0.1) is 5.92 Å². The van der Waals surface area contributed by atoms with Crippen LogP contribution in [0.4, 0.5) is 0 Å². The Morgan fingerprint density at radius 2 is 2.14 bits per heavy atom. The molecule has 0 spiro atoms. The number of nitrogens with zero attached hydrogens (tertiary/aromatic N) is 2. The lowest BCUT2D eigenvalue weighted by Gasteiger charge is -2.13. The van der Waals surface area contributed by atoms with Crippen molar-refractivity contribution >= 4 is 5.96 Å². The third kappa shape index (κ3) is 8.33. The Hall–Kier alpha value is -1.58. The number of unbranched alkanes of at least 4 members (excludes halogenated alkanes) is 1. The monoisotopic (exact) mass is 290 g/mol. The number of hydrogen-bond donors (Lipinski definition) is 2. The molecule has 1 aromatic heterocycles. The van der Waals surface area contributed by atoms with Gasteiger partial charge in [-0.2, -0.15) is 0 Å². The predicted molar refractivity (Wildman–Crippen MR) is 90.4 cm³/mol. The molecule has 0 aromatic carbocycles. The third-order valence-corrected chi connectivity index (χ3v) is 3.60. The summed E-state index contributed by atoms with van der Waals surface area (Å²) in [6.07, 6.45) is 8.94. The SMILES string of the molecule is CCCCC(CCC)CN=C(N)NCCc1ccccn1. The minimum Gasteiger partial charge on any atom is -0.370 e. The van der Waals surface area contributed by atoms with Crippen LogP contribution in [0.25, 0.3) is 0 Å². The van der Waals surface area contributed by atoms with E-state index in [4.69, 9.17) is 5.73 Å². The Morgan fingerprint density at radius 1 is 1.29 bits per heavy atom. The van der Waals surface area contributed by atoms with E-state index in [-0.39, 0.29) is 0 Å². The lowest BCUT2D eigenvalue weighted by atomic mass is 9.97. The summed E-state index contributed by atoms with van der Waals surface area (Å²) in [4.78, 5) is 8.78. The van der Waals surface area contributed by atoms with Gasteiger partial charge in [-0.1, -0.05) is 39.2 Å². The number of rotatable bonds is 10. The second kappa shape index (κ2) is 11.1. The molecule has 0 amide bonds. The molecule has 0 saturated heterocycles. The van der Waals surface area contributed by atoms with Crippen LogP contribution in [-0.2, 0) is 6.42 Å². The number of aromatic nitrogens is 1. The first-order chi connectivity index (χ1) is 10.3. The summed E-state index contributed by atoms with van der Waals surface area (Å²) in [6, 6.07) is 5.96. The van der Waals surface area contributed by atoms with Gasteiger partial charge in [-0.05, 0) is 30.9 Å². The zero-order valence-corrected chi connectivity index (χ0v) is 13.5. The molecule has 1 unspecified atom stereocenters. The van der Waals surface area contributed by atoms with E-state index in [2.05, 4.69) is 29.1 Å². The van der Waals surface area contributed by atoms with Crippen molar-refractivity contribution < 1.29 is 0 Å². The molecule has 0 saturated carbocycles. The highest BCUT2D eigenvalue weighted by Gasteiger charge is 2.06.